The number of hydrogen-bond donors (Lipinski definition) is 0. The maximum Gasteiger partial charge on any atom is 0.0336 e. The van der Waals surface area contributed by atoms with Crippen LogP contribution >= 0.6 is 11.6 Å². The lowest BCUT2D eigenvalue weighted by Gasteiger charge is -2.07. The van der Waals surface area contributed by atoms with Crippen molar-refractivity contribution in [2.75, 3.05) is 0 Å². The minimum absolute atomic E-state index is 0.440. The number of alkyl halides is 1. The third kappa shape index (κ3) is 10.4. The van der Waals surface area contributed by atoms with Crippen LogP contribution in [0.4, 0.5) is 0 Å². The van der Waals surface area contributed by atoms with Crippen LogP contribution in [0.25, 0.3) is 0 Å². The summed E-state index contributed by atoms with van der Waals surface area (Å²) in [6.07, 6.45) is 13.4. The van der Waals surface area contributed by atoms with Gasteiger partial charge < -0.3 is 0 Å². The van der Waals surface area contributed by atoms with Gasteiger partial charge in [-0.05, 0) is 12.8 Å². The molecule has 0 aliphatic rings. The van der Waals surface area contributed by atoms with E-state index < -0.39 is 0 Å². The van der Waals surface area contributed by atoms with Gasteiger partial charge in [0, 0.05) is 5.38 Å². The molecule has 0 nitrogen and oxygen atoms in total. The summed E-state index contributed by atoms with van der Waals surface area (Å²) in [4.78, 5) is 0. The maximum atomic E-state index is 6.14. The van der Waals surface area contributed by atoms with Gasteiger partial charge in [-0.2, -0.15) is 0 Å². The molecule has 0 saturated heterocycles. The molecule has 0 spiro atoms. The molecule has 0 aromatic carbocycles. The largest absolute Gasteiger partial charge is 0.123 e. The van der Waals surface area contributed by atoms with Crippen LogP contribution in [0.2, 0.25) is 0 Å². The van der Waals surface area contributed by atoms with E-state index in [4.69, 9.17) is 11.6 Å². The molecule has 0 saturated carbocycles. The van der Waals surface area contributed by atoms with Gasteiger partial charge in [0.05, 0.1) is 0 Å². The Morgan fingerprint density at radius 3 is 1.86 bits per heavy atom. The molecule has 1 atom stereocenters. The average molecular weight is 219 g/mol. The molecule has 0 bridgehead atoms. The van der Waals surface area contributed by atoms with Gasteiger partial charge in [0.15, 0.2) is 0 Å². The molecule has 14 heavy (non-hydrogen) atoms. The Hall–Kier alpha value is 0.290. The van der Waals surface area contributed by atoms with Gasteiger partial charge >= 0.3 is 0 Å². The zero-order chi connectivity index (χ0) is 10.6. The van der Waals surface area contributed by atoms with Gasteiger partial charge in [-0.3, -0.25) is 0 Å². The number of hydrogen-bond acceptors (Lipinski definition) is 0. The van der Waals surface area contributed by atoms with E-state index in [0.29, 0.717) is 5.38 Å². The van der Waals surface area contributed by atoms with E-state index in [9.17, 15) is 0 Å². The first kappa shape index (κ1) is 14.3. The summed E-state index contributed by atoms with van der Waals surface area (Å²) < 4.78 is 0. The lowest BCUT2D eigenvalue weighted by molar-refractivity contribution is 0.557. The first-order valence-electron chi connectivity index (χ1n) is 6.45. The molecule has 0 N–H and O–H groups in total. The van der Waals surface area contributed by atoms with Crippen molar-refractivity contribution in [3.63, 3.8) is 0 Å². The molecule has 1 heteroatoms. The highest BCUT2D eigenvalue weighted by atomic mass is 35.5. The summed E-state index contributed by atoms with van der Waals surface area (Å²) in [5.41, 5.74) is 0. The van der Waals surface area contributed by atoms with Crippen LogP contribution in [0.5, 0.6) is 0 Å². The number of halogens is 1. The fourth-order valence-electron chi connectivity index (χ4n) is 1.78. The molecular weight excluding hydrogens is 192 g/mol. The average Bonchev–Trinajstić information content (AvgIpc) is 2.17. The quantitative estimate of drug-likeness (QED) is 0.334. The van der Waals surface area contributed by atoms with Gasteiger partial charge in [-0.25, -0.2) is 0 Å². The molecule has 0 amide bonds. The zero-order valence-electron chi connectivity index (χ0n) is 10.0. The summed E-state index contributed by atoms with van der Waals surface area (Å²) in [6, 6.07) is 0. The van der Waals surface area contributed by atoms with Crippen molar-refractivity contribution in [2.24, 2.45) is 0 Å². The van der Waals surface area contributed by atoms with Crippen LogP contribution in [0.15, 0.2) is 0 Å². The van der Waals surface area contributed by atoms with Crippen molar-refractivity contribution in [3.05, 3.63) is 0 Å². The zero-order valence-corrected chi connectivity index (χ0v) is 10.8. The Labute approximate surface area is 95.4 Å². The lowest BCUT2D eigenvalue weighted by Crippen LogP contribution is -1.97. The monoisotopic (exact) mass is 218 g/mol. The van der Waals surface area contributed by atoms with Crippen molar-refractivity contribution in [1.82, 2.24) is 0 Å². The highest BCUT2D eigenvalue weighted by Gasteiger charge is 2.01. The third-order valence-electron chi connectivity index (χ3n) is 2.72. The Kier molecular flexibility index (Phi) is 11.6. The van der Waals surface area contributed by atoms with Crippen molar-refractivity contribution in [2.45, 2.75) is 83.4 Å². The molecule has 0 rings (SSSR count). The molecule has 0 heterocycles. The van der Waals surface area contributed by atoms with Gasteiger partial charge in [0.1, 0.15) is 0 Å². The van der Waals surface area contributed by atoms with E-state index in [0.717, 1.165) is 0 Å². The topological polar surface area (TPSA) is 0 Å². The molecule has 0 aliphatic heterocycles. The summed E-state index contributed by atoms with van der Waals surface area (Å²) in [5.74, 6) is 0. The smallest absolute Gasteiger partial charge is 0.0336 e. The highest BCUT2D eigenvalue weighted by Crippen LogP contribution is 2.15. The Morgan fingerprint density at radius 1 is 0.714 bits per heavy atom. The predicted octanol–water partition coefficient (Wildman–Crippen LogP) is 5.53. The van der Waals surface area contributed by atoms with E-state index >= 15 is 0 Å². The normalized spacial score (nSPS) is 13.1. The summed E-state index contributed by atoms with van der Waals surface area (Å²) in [5, 5.41) is 0.440. The van der Waals surface area contributed by atoms with Crippen LogP contribution in [0, 0.1) is 0 Å². The second kappa shape index (κ2) is 11.4. The molecular formula is C13H27Cl. The summed E-state index contributed by atoms with van der Waals surface area (Å²) in [7, 11) is 0. The van der Waals surface area contributed by atoms with Crippen molar-refractivity contribution < 1.29 is 0 Å². The van der Waals surface area contributed by atoms with E-state index in [-0.39, 0.29) is 0 Å². The van der Waals surface area contributed by atoms with Crippen LogP contribution in [0.3, 0.4) is 0 Å². The van der Waals surface area contributed by atoms with E-state index in [2.05, 4.69) is 13.8 Å². The second-order valence-electron chi connectivity index (χ2n) is 4.30. The molecule has 0 fully saturated rings. The Balaban J connectivity index is 2.98. The molecule has 0 aromatic rings. The fraction of sp³-hybridized carbons (Fsp3) is 1.00. The summed E-state index contributed by atoms with van der Waals surface area (Å²) in [6.45, 7) is 4.48. The van der Waals surface area contributed by atoms with Crippen molar-refractivity contribution >= 4 is 11.6 Å². The maximum absolute atomic E-state index is 6.14. The molecule has 0 aromatic heterocycles. The van der Waals surface area contributed by atoms with Crippen molar-refractivity contribution in [3.8, 4) is 0 Å². The first-order chi connectivity index (χ1) is 6.81. The van der Waals surface area contributed by atoms with E-state index in [1.54, 1.807) is 0 Å². The minimum Gasteiger partial charge on any atom is -0.123 e. The fourth-order valence-corrected chi connectivity index (χ4v) is 2.15. The van der Waals surface area contributed by atoms with Crippen LogP contribution in [0.1, 0.15) is 78.1 Å². The second-order valence-corrected chi connectivity index (χ2v) is 4.91. The first-order valence-corrected chi connectivity index (χ1v) is 6.89. The Bertz CT molecular complexity index is 101. The predicted molar refractivity (Wildman–Crippen MR) is 67.2 cm³/mol. The van der Waals surface area contributed by atoms with Gasteiger partial charge in [0.2, 0.25) is 0 Å². The van der Waals surface area contributed by atoms with E-state index in [1.807, 2.05) is 0 Å². The van der Waals surface area contributed by atoms with E-state index in [1.165, 1.54) is 64.2 Å². The highest BCUT2D eigenvalue weighted by molar-refractivity contribution is 6.20. The number of unbranched alkanes of at least 4 members (excludes halogenated alkanes) is 6. The van der Waals surface area contributed by atoms with Crippen molar-refractivity contribution in [1.29, 1.82) is 0 Å². The molecule has 0 radical (unpaired) electrons. The third-order valence-corrected chi connectivity index (χ3v) is 3.16. The standard InChI is InChI=1S/C13H27Cl/c1-3-5-6-7-8-9-10-12-13(14)11-4-2/h13H,3-12H2,1-2H3. The van der Waals surface area contributed by atoms with Crippen LogP contribution in [-0.2, 0) is 0 Å². The van der Waals surface area contributed by atoms with Gasteiger partial charge in [-0.15, -0.1) is 11.6 Å². The van der Waals surface area contributed by atoms with Crippen LogP contribution < -0.4 is 0 Å². The van der Waals surface area contributed by atoms with Crippen LogP contribution in [-0.4, -0.2) is 5.38 Å². The number of rotatable bonds is 10. The SMILES string of the molecule is CCCCCCCCCC(Cl)CCC. The van der Waals surface area contributed by atoms with Gasteiger partial charge in [-0.1, -0.05) is 65.2 Å². The lowest BCUT2D eigenvalue weighted by atomic mass is 10.1. The minimum atomic E-state index is 0.440. The summed E-state index contributed by atoms with van der Waals surface area (Å²) >= 11 is 6.14. The van der Waals surface area contributed by atoms with Gasteiger partial charge in [0.25, 0.3) is 0 Å². The molecule has 0 aliphatic carbocycles. The molecule has 86 valence electrons. The molecule has 1 unspecified atom stereocenters. The Morgan fingerprint density at radius 2 is 1.29 bits per heavy atom.